The van der Waals surface area contributed by atoms with Crippen LogP contribution in [0.25, 0.3) is 0 Å². The number of methoxy groups -OCH3 is 2. The van der Waals surface area contributed by atoms with Crippen molar-refractivity contribution in [3.8, 4) is 11.5 Å². The van der Waals surface area contributed by atoms with Gasteiger partial charge in [0.15, 0.2) is 11.5 Å². The van der Waals surface area contributed by atoms with E-state index >= 15 is 0 Å². The van der Waals surface area contributed by atoms with Gasteiger partial charge in [-0.25, -0.2) is 0 Å². The molecule has 2 aliphatic rings. The van der Waals surface area contributed by atoms with E-state index < -0.39 is 6.10 Å². The maximum Gasteiger partial charge on any atom is 0.161 e. The van der Waals surface area contributed by atoms with E-state index in [0.29, 0.717) is 17.6 Å². The molecule has 1 heterocycles. The van der Waals surface area contributed by atoms with E-state index in [1.54, 1.807) is 14.2 Å². The molecule has 0 spiro atoms. The number of hydrogen-bond donors (Lipinski definition) is 1. The molecule has 1 aliphatic heterocycles. The van der Waals surface area contributed by atoms with Crippen LogP contribution < -0.4 is 9.47 Å². The van der Waals surface area contributed by atoms with Gasteiger partial charge in [0.2, 0.25) is 0 Å². The summed E-state index contributed by atoms with van der Waals surface area (Å²) in [5.74, 6) is 2.46. The van der Waals surface area contributed by atoms with E-state index in [9.17, 15) is 5.11 Å². The molecule has 4 nitrogen and oxygen atoms in total. The van der Waals surface area contributed by atoms with Gasteiger partial charge in [-0.3, -0.25) is 4.90 Å². The van der Waals surface area contributed by atoms with Crippen molar-refractivity contribution >= 4 is 0 Å². The highest BCUT2D eigenvalue weighted by molar-refractivity contribution is 5.50. The monoisotopic (exact) mass is 381 g/mol. The van der Waals surface area contributed by atoms with Crippen molar-refractivity contribution in [2.75, 3.05) is 27.3 Å². The largest absolute Gasteiger partial charge is 0.493 e. The molecule has 28 heavy (non-hydrogen) atoms. The van der Waals surface area contributed by atoms with Crippen molar-refractivity contribution in [3.63, 3.8) is 0 Å². The fourth-order valence-corrected chi connectivity index (χ4v) is 4.90. The van der Waals surface area contributed by atoms with Gasteiger partial charge in [-0.1, -0.05) is 30.3 Å². The second-order valence-electron chi connectivity index (χ2n) is 8.26. The van der Waals surface area contributed by atoms with Crippen LogP contribution in [0.15, 0.2) is 42.5 Å². The molecule has 1 fully saturated rings. The molecule has 4 heteroatoms. The van der Waals surface area contributed by atoms with Crippen LogP contribution in [-0.4, -0.2) is 37.3 Å². The molecule has 0 radical (unpaired) electrons. The third-order valence-corrected chi connectivity index (χ3v) is 6.48. The van der Waals surface area contributed by atoms with E-state index in [0.717, 1.165) is 43.8 Å². The lowest BCUT2D eigenvalue weighted by molar-refractivity contribution is 0.0894. The van der Waals surface area contributed by atoms with E-state index in [2.05, 4.69) is 35.2 Å². The molecule has 1 N–H and O–H groups in total. The summed E-state index contributed by atoms with van der Waals surface area (Å²) in [6, 6.07) is 14.7. The number of nitrogens with zero attached hydrogens (tertiary/aromatic N) is 1. The molecule has 1 saturated heterocycles. The molecule has 0 saturated carbocycles. The van der Waals surface area contributed by atoms with Gasteiger partial charge in [0, 0.05) is 6.54 Å². The lowest BCUT2D eigenvalue weighted by Crippen LogP contribution is -2.34. The zero-order valence-corrected chi connectivity index (χ0v) is 16.9. The zero-order chi connectivity index (χ0) is 19.5. The molecular weight excluding hydrogens is 350 g/mol. The van der Waals surface area contributed by atoms with E-state index in [4.69, 9.17) is 9.47 Å². The first-order valence-electron chi connectivity index (χ1n) is 10.4. The Morgan fingerprint density at radius 3 is 2.36 bits per heavy atom. The van der Waals surface area contributed by atoms with E-state index in [1.807, 2.05) is 12.1 Å². The molecule has 0 aromatic heterocycles. The number of aliphatic hydroxyl groups is 1. The average Bonchev–Trinajstić information content (AvgIpc) is 3.03. The fourth-order valence-electron chi connectivity index (χ4n) is 4.90. The third kappa shape index (κ3) is 4.03. The van der Waals surface area contributed by atoms with Gasteiger partial charge >= 0.3 is 0 Å². The average molecular weight is 382 g/mol. The maximum atomic E-state index is 10.9. The zero-order valence-electron chi connectivity index (χ0n) is 16.9. The molecule has 0 amide bonds. The van der Waals surface area contributed by atoms with Gasteiger partial charge in [0.05, 0.1) is 20.3 Å². The Bertz CT molecular complexity index is 784. The number of aliphatic hydroxyl groups excluding tert-OH is 1. The normalized spacial score (nSPS) is 22.8. The minimum atomic E-state index is -0.392. The van der Waals surface area contributed by atoms with Crippen molar-refractivity contribution in [1.29, 1.82) is 0 Å². The smallest absolute Gasteiger partial charge is 0.161 e. The molecule has 0 bridgehead atoms. The minimum absolute atomic E-state index is 0.303. The number of ether oxygens (including phenoxy) is 2. The first kappa shape index (κ1) is 19.3. The van der Waals surface area contributed by atoms with Crippen molar-refractivity contribution in [2.45, 2.75) is 38.3 Å². The number of likely N-dealkylation sites (tertiary alicyclic amines) is 1. The molecule has 2 aromatic carbocycles. The Morgan fingerprint density at radius 2 is 1.68 bits per heavy atom. The van der Waals surface area contributed by atoms with Crippen LogP contribution in [0.1, 0.15) is 42.1 Å². The summed E-state index contributed by atoms with van der Waals surface area (Å²) < 4.78 is 10.8. The predicted octanol–water partition coefficient (Wildman–Crippen LogP) is 4.21. The molecule has 2 aromatic rings. The van der Waals surface area contributed by atoms with Gasteiger partial charge in [0.25, 0.3) is 0 Å². The quantitative estimate of drug-likeness (QED) is 0.814. The lowest BCUT2D eigenvalue weighted by atomic mass is 9.85. The molecule has 2 atom stereocenters. The second-order valence-corrected chi connectivity index (χ2v) is 8.26. The summed E-state index contributed by atoms with van der Waals surface area (Å²) in [6.07, 6.45) is 4.08. The molecular formula is C24H31NO3. The fraction of sp³-hybridized carbons (Fsp3) is 0.500. The summed E-state index contributed by atoms with van der Waals surface area (Å²) in [5, 5.41) is 10.9. The van der Waals surface area contributed by atoms with Gasteiger partial charge < -0.3 is 14.6 Å². The van der Waals surface area contributed by atoms with Gasteiger partial charge in [-0.2, -0.15) is 0 Å². The van der Waals surface area contributed by atoms with Crippen LogP contribution in [0.3, 0.4) is 0 Å². The Kier molecular flexibility index (Phi) is 5.88. The van der Waals surface area contributed by atoms with Crippen LogP contribution in [0.5, 0.6) is 11.5 Å². The Balaban J connectivity index is 1.33. The first-order chi connectivity index (χ1) is 13.7. The summed E-state index contributed by atoms with van der Waals surface area (Å²) in [7, 11) is 3.31. The van der Waals surface area contributed by atoms with Gasteiger partial charge in [-0.05, 0) is 79.4 Å². The van der Waals surface area contributed by atoms with Crippen molar-refractivity contribution in [2.24, 2.45) is 11.8 Å². The third-order valence-electron chi connectivity index (χ3n) is 6.48. The molecule has 150 valence electrons. The number of benzene rings is 2. The Morgan fingerprint density at radius 1 is 1.00 bits per heavy atom. The number of rotatable bonds is 6. The molecule has 1 aliphatic carbocycles. The minimum Gasteiger partial charge on any atom is -0.493 e. The van der Waals surface area contributed by atoms with Gasteiger partial charge in [-0.15, -0.1) is 0 Å². The Hall–Kier alpha value is -2.04. The van der Waals surface area contributed by atoms with Gasteiger partial charge in [0.1, 0.15) is 0 Å². The van der Waals surface area contributed by atoms with Crippen molar-refractivity contribution < 1.29 is 14.6 Å². The SMILES string of the molecule is COc1cc2c(cc1OC)[C@H](O)[C@H](CC1CCN(Cc3ccccc3)CC1)C2. The van der Waals surface area contributed by atoms with Crippen LogP contribution >= 0.6 is 0 Å². The lowest BCUT2D eigenvalue weighted by Gasteiger charge is -2.33. The summed E-state index contributed by atoms with van der Waals surface area (Å²) >= 11 is 0. The topological polar surface area (TPSA) is 41.9 Å². The number of piperidine rings is 1. The van der Waals surface area contributed by atoms with E-state index in [1.165, 1.54) is 24.0 Å². The molecule has 4 rings (SSSR count). The highest BCUT2D eigenvalue weighted by Crippen LogP contribution is 2.45. The second kappa shape index (κ2) is 8.54. The van der Waals surface area contributed by atoms with Crippen LogP contribution in [0, 0.1) is 11.8 Å². The predicted molar refractivity (Wildman–Crippen MR) is 111 cm³/mol. The first-order valence-corrected chi connectivity index (χ1v) is 10.4. The standard InChI is InChI=1S/C24H31NO3/c1-27-22-14-19-13-20(24(26)21(19)15-23(22)28-2)12-17-8-10-25(11-9-17)16-18-6-4-3-5-7-18/h3-7,14-15,17,20,24,26H,8-13,16H2,1-2H3/t20-,24-/m1/s1. The number of hydrogen-bond acceptors (Lipinski definition) is 4. The molecule has 0 unspecified atom stereocenters. The maximum absolute atomic E-state index is 10.9. The van der Waals surface area contributed by atoms with Crippen LogP contribution in [0.2, 0.25) is 0 Å². The summed E-state index contributed by atoms with van der Waals surface area (Å²) in [6.45, 7) is 3.35. The van der Waals surface area contributed by atoms with E-state index in [-0.39, 0.29) is 0 Å². The van der Waals surface area contributed by atoms with Crippen LogP contribution in [-0.2, 0) is 13.0 Å². The van der Waals surface area contributed by atoms with Crippen molar-refractivity contribution in [1.82, 2.24) is 4.90 Å². The Labute approximate surface area is 168 Å². The van der Waals surface area contributed by atoms with Crippen molar-refractivity contribution in [3.05, 3.63) is 59.2 Å². The highest BCUT2D eigenvalue weighted by atomic mass is 16.5. The van der Waals surface area contributed by atoms with Crippen LogP contribution in [0.4, 0.5) is 0 Å². The highest BCUT2D eigenvalue weighted by Gasteiger charge is 2.34. The number of fused-ring (bicyclic) bond motifs is 1. The summed E-state index contributed by atoms with van der Waals surface area (Å²) in [4.78, 5) is 2.56. The summed E-state index contributed by atoms with van der Waals surface area (Å²) in [5.41, 5.74) is 3.62.